The molecule has 2 aromatic rings. The lowest BCUT2D eigenvalue weighted by Gasteiger charge is -2.44. The van der Waals surface area contributed by atoms with Gasteiger partial charge in [0.05, 0.1) is 12.8 Å². The van der Waals surface area contributed by atoms with Crippen molar-refractivity contribution in [2.45, 2.75) is 56.9 Å². The molecule has 31 heavy (non-hydrogen) atoms. The fraction of sp³-hybridized carbons (Fsp3) is 0.520. The molecule has 5 rings (SSSR count). The highest BCUT2D eigenvalue weighted by Gasteiger charge is 2.38. The number of nitrogens with zero attached hydrogens (tertiary/aromatic N) is 2. The number of piperidine rings is 1. The second-order valence-corrected chi connectivity index (χ2v) is 9.29. The summed E-state index contributed by atoms with van der Waals surface area (Å²) >= 11 is 0. The van der Waals surface area contributed by atoms with Crippen LogP contribution in [0, 0.1) is 5.92 Å². The van der Waals surface area contributed by atoms with E-state index >= 15 is 0 Å². The van der Waals surface area contributed by atoms with Crippen LogP contribution in [-0.4, -0.2) is 35.7 Å². The zero-order valence-corrected chi connectivity index (χ0v) is 18.2. The van der Waals surface area contributed by atoms with Crippen molar-refractivity contribution < 1.29 is 9.53 Å². The van der Waals surface area contributed by atoms with Crippen LogP contribution in [0.5, 0.6) is 5.75 Å². The highest BCUT2D eigenvalue weighted by atomic mass is 16.5. The van der Waals surface area contributed by atoms with Crippen LogP contribution in [0.4, 0.5) is 10.5 Å². The molecule has 1 aliphatic carbocycles. The summed E-state index contributed by atoms with van der Waals surface area (Å²) in [5.74, 6) is 1.74. The first-order valence-corrected chi connectivity index (χ1v) is 11.6. The van der Waals surface area contributed by atoms with Gasteiger partial charge in [0.25, 0.3) is 5.56 Å². The van der Waals surface area contributed by atoms with Crippen molar-refractivity contribution in [3.8, 4) is 5.75 Å². The largest absolute Gasteiger partial charge is 0.495 e. The van der Waals surface area contributed by atoms with Gasteiger partial charge in [-0.15, -0.1) is 0 Å². The molecule has 0 spiro atoms. The number of nitrogens with one attached hydrogen (secondary N) is 1. The zero-order valence-electron chi connectivity index (χ0n) is 18.2. The Morgan fingerprint density at radius 1 is 1.00 bits per heavy atom. The molecule has 0 radical (unpaired) electrons. The Balaban J connectivity index is 1.41. The van der Waals surface area contributed by atoms with Crippen molar-refractivity contribution in [1.29, 1.82) is 0 Å². The number of carbonyl (C=O) groups excluding carboxylic acids is 1. The molecule has 1 aromatic heterocycles. The van der Waals surface area contributed by atoms with Gasteiger partial charge in [0, 0.05) is 37.3 Å². The van der Waals surface area contributed by atoms with Gasteiger partial charge in [-0.25, -0.2) is 4.79 Å². The third-order valence-electron chi connectivity index (χ3n) is 7.30. The van der Waals surface area contributed by atoms with E-state index in [0.29, 0.717) is 42.9 Å². The third kappa shape index (κ3) is 3.84. The van der Waals surface area contributed by atoms with Crippen molar-refractivity contribution in [2.75, 3.05) is 25.5 Å². The minimum atomic E-state index is -0.0925. The SMILES string of the molecule is COc1ccccc1NC(=O)N1C[C@H]2C[C@H](C1)c1c(C3CCCCC3)ccc(=O)n1C2. The lowest BCUT2D eigenvalue weighted by atomic mass is 9.76. The number of carbonyl (C=O) groups is 1. The summed E-state index contributed by atoms with van der Waals surface area (Å²) in [6, 6.07) is 11.2. The minimum Gasteiger partial charge on any atom is -0.495 e. The molecule has 1 saturated carbocycles. The number of hydrogen-bond acceptors (Lipinski definition) is 3. The molecule has 164 valence electrons. The number of para-hydroxylation sites is 2. The molecule has 2 amide bonds. The molecule has 1 N–H and O–H groups in total. The molecule has 3 aliphatic rings. The van der Waals surface area contributed by atoms with E-state index in [9.17, 15) is 9.59 Å². The Morgan fingerprint density at radius 2 is 1.81 bits per heavy atom. The Kier molecular flexibility index (Phi) is 5.47. The van der Waals surface area contributed by atoms with E-state index < -0.39 is 0 Å². The normalized spacial score (nSPS) is 23.2. The summed E-state index contributed by atoms with van der Waals surface area (Å²) in [7, 11) is 1.61. The first kappa shape index (κ1) is 20.2. The molecule has 1 aromatic carbocycles. The van der Waals surface area contributed by atoms with E-state index in [1.165, 1.54) is 43.4 Å². The molecular formula is C25H31N3O3. The quantitative estimate of drug-likeness (QED) is 0.790. The zero-order chi connectivity index (χ0) is 21.4. The van der Waals surface area contributed by atoms with Crippen LogP contribution in [0.2, 0.25) is 0 Å². The van der Waals surface area contributed by atoms with Crippen LogP contribution < -0.4 is 15.6 Å². The van der Waals surface area contributed by atoms with Gasteiger partial charge in [-0.3, -0.25) is 4.79 Å². The third-order valence-corrected chi connectivity index (χ3v) is 7.30. The Bertz CT molecular complexity index is 1020. The number of urea groups is 1. The minimum absolute atomic E-state index is 0.0925. The van der Waals surface area contributed by atoms with Gasteiger partial charge in [-0.2, -0.15) is 0 Å². The molecule has 1 saturated heterocycles. The summed E-state index contributed by atoms with van der Waals surface area (Å²) in [6.45, 7) is 2.04. The highest BCUT2D eigenvalue weighted by Crippen LogP contribution is 2.42. The number of amides is 2. The van der Waals surface area contributed by atoms with Gasteiger partial charge in [0.1, 0.15) is 5.75 Å². The second-order valence-electron chi connectivity index (χ2n) is 9.29. The number of fused-ring (bicyclic) bond motifs is 4. The lowest BCUT2D eigenvalue weighted by Crippen LogP contribution is -2.50. The van der Waals surface area contributed by atoms with E-state index in [4.69, 9.17) is 4.74 Å². The van der Waals surface area contributed by atoms with E-state index in [1.807, 2.05) is 33.7 Å². The summed E-state index contributed by atoms with van der Waals surface area (Å²) in [4.78, 5) is 27.8. The molecule has 2 bridgehead atoms. The maximum atomic E-state index is 13.1. The van der Waals surface area contributed by atoms with Gasteiger partial charge in [-0.1, -0.05) is 37.5 Å². The van der Waals surface area contributed by atoms with Crippen molar-refractivity contribution in [2.24, 2.45) is 5.92 Å². The van der Waals surface area contributed by atoms with Crippen molar-refractivity contribution in [3.05, 3.63) is 58.0 Å². The van der Waals surface area contributed by atoms with Gasteiger partial charge in [0.15, 0.2) is 0 Å². The summed E-state index contributed by atoms with van der Waals surface area (Å²) in [5.41, 5.74) is 3.35. The van der Waals surface area contributed by atoms with Crippen LogP contribution >= 0.6 is 0 Å². The monoisotopic (exact) mass is 421 g/mol. The van der Waals surface area contributed by atoms with Gasteiger partial charge in [-0.05, 0) is 48.8 Å². The Morgan fingerprint density at radius 3 is 2.61 bits per heavy atom. The first-order valence-electron chi connectivity index (χ1n) is 11.6. The van der Waals surface area contributed by atoms with Crippen molar-refractivity contribution >= 4 is 11.7 Å². The fourth-order valence-corrected chi connectivity index (χ4v) is 5.91. The molecule has 3 heterocycles. The molecular weight excluding hydrogens is 390 g/mol. The Labute approximate surface area is 183 Å². The first-order chi connectivity index (χ1) is 15.1. The van der Waals surface area contributed by atoms with E-state index in [2.05, 4.69) is 11.4 Å². The topological polar surface area (TPSA) is 63.6 Å². The molecule has 6 nitrogen and oxygen atoms in total. The summed E-state index contributed by atoms with van der Waals surface area (Å²) in [5, 5.41) is 3.03. The number of ether oxygens (including phenoxy) is 1. The van der Waals surface area contributed by atoms with Gasteiger partial charge >= 0.3 is 6.03 Å². The number of aromatic nitrogens is 1. The highest BCUT2D eigenvalue weighted by molar-refractivity contribution is 5.91. The number of hydrogen-bond donors (Lipinski definition) is 1. The van der Waals surface area contributed by atoms with Crippen molar-refractivity contribution in [1.82, 2.24) is 9.47 Å². The van der Waals surface area contributed by atoms with Crippen LogP contribution in [0.25, 0.3) is 0 Å². The van der Waals surface area contributed by atoms with Gasteiger partial charge in [0.2, 0.25) is 0 Å². The van der Waals surface area contributed by atoms with Crippen LogP contribution in [0.15, 0.2) is 41.2 Å². The predicted molar refractivity (Wildman–Crippen MR) is 121 cm³/mol. The maximum Gasteiger partial charge on any atom is 0.321 e. The molecule has 0 unspecified atom stereocenters. The van der Waals surface area contributed by atoms with Crippen LogP contribution in [-0.2, 0) is 6.54 Å². The average Bonchev–Trinajstić information content (AvgIpc) is 2.80. The average molecular weight is 422 g/mol. The summed E-state index contributed by atoms with van der Waals surface area (Å²) < 4.78 is 7.41. The number of methoxy groups -OCH3 is 1. The maximum absolute atomic E-state index is 13.1. The van der Waals surface area contributed by atoms with Crippen LogP contribution in [0.3, 0.4) is 0 Å². The number of likely N-dealkylation sites (tertiary alicyclic amines) is 1. The smallest absolute Gasteiger partial charge is 0.321 e. The van der Waals surface area contributed by atoms with E-state index in [0.717, 1.165) is 6.42 Å². The fourth-order valence-electron chi connectivity index (χ4n) is 5.91. The van der Waals surface area contributed by atoms with Crippen molar-refractivity contribution in [3.63, 3.8) is 0 Å². The van der Waals surface area contributed by atoms with E-state index in [-0.39, 0.29) is 17.5 Å². The van der Waals surface area contributed by atoms with E-state index in [1.54, 1.807) is 13.2 Å². The number of pyridine rings is 1. The lowest BCUT2D eigenvalue weighted by molar-refractivity contribution is 0.138. The van der Waals surface area contributed by atoms with Gasteiger partial charge < -0.3 is 19.5 Å². The predicted octanol–water partition coefficient (Wildman–Crippen LogP) is 4.56. The number of rotatable bonds is 3. The molecule has 2 aliphatic heterocycles. The molecule has 2 atom stereocenters. The standard InChI is InChI=1S/C25H31N3O3/c1-31-22-10-6-5-9-21(22)26-25(30)27-14-17-13-19(16-27)24-20(18-7-3-2-4-8-18)11-12-23(29)28(24)15-17/h5-6,9-12,17-19H,2-4,7-8,13-16H2,1H3,(H,26,30)/t17-,19-/m1/s1. The number of benzene rings is 1. The van der Waals surface area contributed by atoms with Crippen LogP contribution in [0.1, 0.15) is 61.6 Å². The molecule has 6 heteroatoms. The summed E-state index contributed by atoms with van der Waals surface area (Å²) in [6.07, 6.45) is 7.32. The number of anilines is 1. The Hall–Kier alpha value is -2.76. The molecule has 2 fully saturated rings. The second kappa shape index (κ2) is 8.40.